The van der Waals surface area contributed by atoms with Crippen LogP contribution in [-0.4, -0.2) is 9.97 Å². The minimum atomic E-state index is 0.0369. The van der Waals surface area contributed by atoms with Crippen molar-refractivity contribution in [3.8, 4) is 44.8 Å². The monoisotopic (exact) mass is 1080 g/mol. The number of fused-ring (bicyclic) bond motifs is 18. The third-order valence-electron chi connectivity index (χ3n) is 17.3. The molecule has 0 saturated carbocycles. The maximum Gasteiger partial charge on any atom is 0.143 e. The predicted molar refractivity (Wildman–Crippen MR) is 357 cm³/mol. The zero-order valence-corrected chi connectivity index (χ0v) is 48.7. The van der Waals surface area contributed by atoms with Crippen LogP contribution in [0.4, 0.5) is 0 Å². The fourth-order valence-corrected chi connectivity index (χ4v) is 12.8. The molecule has 4 nitrogen and oxygen atoms in total. The molecule has 0 bridgehead atoms. The fourth-order valence-electron chi connectivity index (χ4n) is 12.8. The SMILES string of the molecule is CC(C)(C)c1ccc2c(c1)c1ccc(-c3cccc(-c4cccc5c4oc4ccccc45)c3)nc1c1cc(C(C)(C)C)ccc21.Cc1ccc2c(c1)c1ccc(-c3cccc(-c4cccc5c4oc4ccccc45)c3)nc1c1cc(C)ccc21. The van der Waals surface area contributed by atoms with E-state index in [0.29, 0.717) is 0 Å². The van der Waals surface area contributed by atoms with Gasteiger partial charge in [-0.15, -0.1) is 0 Å². The van der Waals surface area contributed by atoms with E-state index in [1.165, 1.54) is 76.1 Å². The molecule has 0 aliphatic carbocycles. The summed E-state index contributed by atoms with van der Waals surface area (Å²) in [6.07, 6.45) is 0. The van der Waals surface area contributed by atoms with Gasteiger partial charge in [0.25, 0.3) is 0 Å². The quantitative estimate of drug-likeness (QED) is 0.165. The number of benzene rings is 12. The molecule has 0 N–H and O–H groups in total. The molecule has 12 aromatic carbocycles. The van der Waals surface area contributed by atoms with Crippen molar-refractivity contribution in [2.24, 2.45) is 0 Å². The van der Waals surface area contributed by atoms with E-state index in [1.807, 2.05) is 24.3 Å². The summed E-state index contributed by atoms with van der Waals surface area (Å²) in [5.74, 6) is 0. The molecule has 0 fully saturated rings. The number of pyridine rings is 2. The number of hydrogen-bond donors (Lipinski definition) is 0. The van der Waals surface area contributed by atoms with E-state index in [0.717, 1.165) is 99.7 Å². The third-order valence-corrected chi connectivity index (χ3v) is 17.3. The van der Waals surface area contributed by atoms with Crippen LogP contribution in [-0.2, 0) is 10.8 Å². The van der Waals surface area contributed by atoms with E-state index in [-0.39, 0.29) is 10.8 Å². The Morgan fingerprint density at radius 2 is 0.643 bits per heavy atom. The lowest BCUT2D eigenvalue weighted by Crippen LogP contribution is -2.11. The summed E-state index contributed by atoms with van der Waals surface area (Å²) in [7, 11) is 0. The van der Waals surface area contributed by atoms with Gasteiger partial charge in [-0.1, -0.05) is 216 Å². The van der Waals surface area contributed by atoms with Crippen molar-refractivity contribution in [3.63, 3.8) is 0 Å². The molecule has 0 amide bonds. The normalized spacial score (nSPS) is 12.3. The first-order chi connectivity index (χ1) is 40.7. The molecule has 0 radical (unpaired) electrons. The maximum absolute atomic E-state index is 6.39. The summed E-state index contributed by atoms with van der Waals surface area (Å²) in [5, 5.41) is 16.9. The molecule has 0 saturated heterocycles. The highest BCUT2D eigenvalue weighted by molar-refractivity contribution is 6.26. The molecule has 16 rings (SSSR count). The van der Waals surface area contributed by atoms with Gasteiger partial charge >= 0.3 is 0 Å². The fraction of sp³-hybridized carbons (Fsp3) is 0.125. The van der Waals surface area contributed by atoms with Crippen molar-refractivity contribution in [1.29, 1.82) is 0 Å². The minimum Gasteiger partial charge on any atom is -0.455 e. The Balaban J connectivity index is 0.000000144. The molecule has 0 spiro atoms. The van der Waals surface area contributed by atoms with Gasteiger partial charge < -0.3 is 8.83 Å². The van der Waals surface area contributed by atoms with Crippen LogP contribution in [0.1, 0.15) is 63.8 Å². The Hall–Kier alpha value is -9.90. The molecule has 16 aromatic rings. The predicted octanol–water partition coefficient (Wildman–Crippen LogP) is 22.8. The Bertz CT molecular complexity index is 5370. The second kappa shape index (κ2) is 19.4. The molecule has 404 valence electrons. The Morgan fingerprint density at radius 3 is 1.13 bits per heavy atom. The first kappa shape index (κ1) is 51.0. The highest BCUT2D eigenvalue weighted by Gasteiger charge is 2.22. The van der Waals surface area contributed by atoms with Gasteiger partial charge in [0.2, 0.25) is 0 Å². The lowest BCUT2D eigenvalue weighted by atomic mass is 9.83. The number of para-hydroxylation sites is 4. The third kappa shape index (κ3) is 8.58. The number of furan rings is 2. The summed E-state index contributed by atoms with van der Waals surface area (Å²) < 4.78 is 12.7. The molecule has 0 unspecified atom stereocenters. The van der Waals surface area contributed by atoms with Crippen molar-refractivity contribution in [2.75, 3.05) is 0 Å². The average Bonchev–Trinajstić information content (AvgIpc) is 4.34. The molecule has 0 aliphatic rings. The molecular weight excluding hydrogens is 1020 g/mol. The topological polar surface area (TPSA) is 52.1 Å². The Kier molecular flexibility index (Phi) is 11.8. The number of aryl methyl sites for hydroxylation is 2. The number of nitrogens with zero attached hydrogens (tertiary/aromatic N) is 2. The van der Waals surface area contributed by atoms with Crippen molar-refractivity contribution in [1.82, 2.24) is 9.97 Å². The van der Waals surface area contributed by atoms with Gasteiger partial charge in [0.05, 0.1) is 22.4 Å². The molecule has 0 aliphatic heterocycles. The molecule has 4 aromatic heterocycles. The van der Waals surface area contributed by atoms with Crippen LogP contribution in [0, 0.1) is 13.8 Å². The zero-order chi connectivity index (χ0) is 57.2. The molecular formula is C80H62N2O2. The van der Waals surface area contributed by atoms with Crippen LogP contribution >= 0.6 is 0 Å². The maximum atomic E-state index is 6.39. The molecule has 4 heterocycles. The van der Waals surface area contributed by atoms with E-state index >= 15 is 0 Å². The van der Waals surface area contributed by atoms with Gasteiger partial charge in [-0.25, -0.2) is 9.97 Å². The highest BCUT2D eigenvalue weighted by Crippen LogP contribution is 2.43. The van der Waals surface area contributed by atoms with Gasteiger partial charge in [0, 0.05) is 65.3 Å². The van der Waals surface area contributed by atoms with Gasteiger partial charge in [-0.2, -0.15) is 0 Å². The van der Waals surface area contributed by atoms with E-state index in [1.54, 1.807) is 0 Å². The van der Waals surface area contributed by atoms with Crippen molar-refractivity contribution in [2.45, 2.75) is 66.2 Å². The molecule has 4 heteroatoms. The first-order valence-corrected chi connectivity index (χ1v) is 29.3. The summed E-state index contributed by atoms with van der Waals surface area (Å²) >= 11 is 0. The minimum absolute atomic E-state index is 0.0369. The van der Waals surface area contributed by atoms with E-state index < -0.39 is 0 Å². The smallest absolute Gasteiger partial charge is 0.143 e. The summed E-state index contributed by atoms with van der Waals surface area (Å²) in [6.45, 7) is 18.0. The lowest BCUT2D eigenvalue weighted by Gasteiger charge is -2.22. The van der Waals surface area contributed by atoms with Crippen LogP contribution in [0.5, 0.6) is 0 Å². The molecule has 84 heavy (non-hydrogen) atoms. The second-order valence-corrected chi connectivity index (χ2v) is 25.0. The van der Waals surface area contributed by atoms with Crippen LogP contribution in [0.3, 0.4) is 0 Å². The van der Waals surface area contributed by atoms with E-state index in [4.69, 9.17) is 18.8 Å². The van der Waals surface area contributed by atoms with E-state index in [2.05, 4.69) is 262 Å². The van der Waals surface area contributed by atoms with Crippen molar-refractivity contribution >= 4 is 109 Å². The summed E-state index contributed by atoms with van der Waals surface area (Å²) in [5.41, 5.74) is 19.5. The summed E-state index contributed by atoms with van der Waals surface area (Å²) in [4.78, 5) is 10.8. The Labute approximate surface area is 488 Å². The number of rotatable bonds is 4. The van der Waals surface area contributed by atoms with Gasteiger partial charge in [-0.3, -0.25) is 0 Å². The standard InChI is InChI=1S/C43H37NO.C37H25NO/c1-42(2,3)28-17-19-31-32-20-18-29(43(4,5)6)25-37(32)40-34(36(31)24-28)21-22-38(44-40)27-12-9-11-26(23-27)30-14-10-15-35-33-13-7-8-16-39(33)45-41(30)35;1-22-13-15-27-28-16-14-23(2)20-33(28)36-30(32(27)19-22)17-18-34(38-36)25-8-5-7-24(21-25)26-10-6-11-31-29-9-3-4-12-35(29)39-37(26)31/h7-25H,1-6H3;3-21H,1-2H3. The second-order valence-electron chi connectivity index (χ2n) is 25.0. The highest BCUT2D eigenvalue weighted by atomic mass is 16.3. The number of hydrogen-bond acceptors (Lipinski definition) is 4. The molecule has 0 atom stereocenters. The van der Waals surface area contributed by atoms with Crippen molar-refractivity contribution in [3.05, 3.63) is 253 Å². The van der Waals surface area contributed by atoms with Crippen LogP contribution in [0.15, 0.2) is 239 Å². The lowest BCUT2D eigenvalue weighted by molar-refractivity contribution is 0.591. The summed E-state index contributed by atoms with van der Waals surface area (Å²) in [6, 6.07) is 82.9. The van der Waals surface area contributed by atoms with Gasteiger partial charge in [-0.05, 0) is 146 Å². The Morgan fingerprint density at radius 1 is 0.274 bits per heavy atom. The largest absolute Gasteiger partial charge is 0.455 e. The van der Waals surface area contributed by atoms with Crippen molar-refractivity contribution < 1.29 is 8.83 Å². The van der Waals surface area contributed by atoms with Crippen LogP contribution < -0.4 is 0 Å². The zero-order valence-electron chi connectivity index (χ0n) is 48.7. The van der Waals surface area contributed by atoms with Gasteiger partial charge in [0.15, 0.2) is 0 Å². The van der Waals surface area contributed by atoms with Crippen LogP contribution in [0.2, 0.25) is 0 Å². The average molecular weight is 1080 g/mol. The number of aromatic nitrogens is 2. The van der Waals surface area contributed by atoms with E-state index in [9.17, 15) is 0 Å². The van der Waals surface area contributed by atoms with Crippen LogP contribution in [0.25, 0.3) is 154 Å². The van der Waals surface area contributed by atoms with Gasteiger partial charge in [0.1, 0.15) is 22.3 Å². The first-order valence-electron chi connectivity index (χ1n) is 29.3.